The number of carbonyl (C=O) groups is 1. The minimum absolute atomic E-state index is 0.0592. The smallest absolute Gasteiger partial charge is 0.361 e. The molecule has 28 heavy (non-hydrogen) atoms. The number of hydrogen-bond acceptors (Lipinski definition) is 2. The first kappa shape index (κ1) is 24.9. The Morgan fingerprint density at radius 2 is 1.75 bits per heavy atom. The summed E-state index contributed by atoms with van der Waals surface area (Å²) in [4.78, 5) is 12.4. The van der Waals surface area contributed by atoms with Crippen molar-refractivity contribution in [2.24, 2.45) is 0 Å². The van der Waals surface area contributed by atoms with Gasteiger partial charge in [0.2, 0.25) is 0 Å². The highest BCUT2D eigenvalue weighted by Crippen LogP contribution is 2.19. The molecule has 0 aliphatic rings. The van der Waals surface area contributed by atoms with Crippen LogP contribution < -0.4 is 0 Å². The van der Waals surface area contributed by atoms with Gasteiger partial charge in [0.05, 0.1) is 26.2 Å². The van der Waals surface area contributed by atoms with Crippen LogP contribution in [0.2, 0.25) is 0 Å². The van der Waals surface area contributed by atoms with E-state index < -0.39 is 0 Å². The standard InChI is InChI=1S/C24H39BrNO2/c1-5-8-9-10-13-18-28-24(27)20-26(6-2,7-3)17-16-21(4)19-22-14-11-12-15-23(22)25/h11-12,14-16H,5-10,13,17-20H2,1-4H3/q+1/b21-16+. The fourth-order valence-electron chi connectivity index (χ4n) is 3.34. The Balaban J connectivity index is 2.54. The van der Waals surface area contributed by atoms with Crippen molar-refractivity contribution in [1.29, 1.82) is 0 Å². The number of rotatable bonds is 14. The highest BCUT2D eigenvalue weighted by molar-refractivity contribution is 9.10. The predicted octanol–water partition coefficient (Wildman–Crippen LogP) is 6.31. The number of unbranched alkanes of at least 4 members (excludes halogenated alkanes) is 4. The second kappa shape index (κ2) is 13.9. The molecule has 0 bridgehead atoms. The summed E-state index contributed by atoms with van der Waals surface area (Å²) < 4.78 is 7.42. The van der Waals surface area contributed by atoms with Crippen molar-refractivity contribution in [3.8, 4) is 0 Å². The van der Waals surface area contributed by atoms with E-state index >= 15 is 0 Å². The van der Waals surface area contributed by atoms with Crippen LogP contribution in [-0.2, 0) is 16.0 Å². The fourth-order valence-corrected chi connectivity index (χ4v) is 3.77. The number of quaternary nitrogens is 1. The molecule has 0 spiro atoms. The number of ether oxygens (including phenoxy) is 1. The van der Waals surface area contributed by atoms with Crippen LogP contribution in [0.3, 0.4) is 0 Å². The number of likely N-dealkylation sites (N-methyl/N-ethyl adjacent to an activating group) is 1. The molecule has 4 heteroatoms. The number of halogens is 1. The quantitative estimate of drug-likeness (QED) is 0.143. The van der Waals surface area contributed by atoms with E-state index in [0.717, 1.165) is 47.9 Å². The third-order valence-electron chi connectivity index (χ3n) is 5.57. The SMILES string of the molecule is CCCCCCCOC(=O)C[N+](CC)(CC)C/C=C(\C)Cc1ccccc1Br. The number of allylic oxidation sites excluding steroid dienone is 1. The lowest BCUT2D eigenvalue weighted by Gasteiger charge is -2.35. The molecule has 3 nitrogen and oxygen atoms in total. The van der Waals surface area contributed by atoms with E-state index in [0.29, 0.717) is 13.2 Å². The lowest BCUT2D eigenvalue weighted by Crippen LogP contribution is -2.51. The topological polar surface area (TPSA) is 26.3 Å². The van der Waals surface area contributed by atoms with Crippen molar-refractivity contribution < 1.29 is 14.0 Å². The van der Waals surface area contributed by atoms with E-state index in [1.807, 2.05) is 6.07 Å². The van der Waals surface area contributed by atoms with Gasteiger partial charge in [-0.05, 0) is 51.3 Å². The summed E-state index contributed by atoms with van der Waals surface area (Å²) in [6, 6.07) is 8.35. The summed E-state index contributed by atoms with van der Waals surface area (Å²) in [5.74, 6) is -0.0592. The van der Waals surface area contributed by atoms with Crippen LogP contribution in [0.4, 0.5) is 0 Å². The normalized spacial score (nSPS) is 12.2. The summed E-state index contributed by atoms with van der Waals surface area (Å²) in [6.45, 7) is 12.5. The molecule has 1 aromatic carbocycles. The average Bonchev–Trinajstić information content (AvgIpc) is 2.69. The summed E-state index contributed by atoms with van der Waals surface area (Å²) >= 11 is 3.63. The summed E-state index contributed by atoms with van der Waals surface area (Å²) in [5, 5.41) is 0. The second-order valence-electron chi connectivity index (χ2n) is 7.77. The number of nitrogens with zero attached hydrogens (tertiary/aromatic N) is 1. The van der Waals surface area contributed by atoms with Crippen molar-refractivity contribution in [3.05, 3.63) is 46.0 Å². The number of carbonyl (C=O) groups excluding carboxylic acids is 1. The molecule has 0 heterocycles. The molecule has 0 N–H and O–H groups in total. The maximum atomic E-state index is 12.4. The molecule has 0 amide bonds. The number of hydrogen-bond donors (Lipinski definition) is 0. The van der Waals surface area contributed by atoms with E-state index in [2.05, 4.69) is 67.9 Å². The molecule has 0 aliphatic heterocycles. The van der Waals surface area contributed by atoms with E-state index in [1.165, 1.54) is 30.4 Å². The number of esters is 1. The Morgan fingerprint density at radius 3 is 2.39 bits per heavy atom. The Hall–Kier alpha value is -1.13. The molecular weight excluding hydrogens is 414 g/mol. The minimum atomic E-state index is -0.0592. The van der Waals surface area contributed by atoms with Crippen molar-refractivity contribution in [1.82, 2.24) is 0 Å². The van der Waals surface area contributed by atoms with Gasteiger partial charge in [-0.15, -0.1) is 0 Å². The van der Waals surface area contributed by atoms with E-state index in [4.69, 9.17) is 4.74 Å². The maximum absolute atomic E-state index is 12.4. The van der Waals surface area contributed by atoms with Crippen LogP contribution >= 0.6 is 15.9 Å². The summed E-state index contributed by atoms with van der Waals surface area (Å²) in [7, 11) is 0. The Labute approximate surface area is 180 Å². The number of benzene rings is 1. The molecule has 0 aliphatic carbocycles. The van der Waals surface area contributed by atoms with Gasteiger partial charge < -0.3 is 9.22 Å². The molecule has 0 saturated carbocycles. The van der Waals surface area contributed by atoms with Gasteiger partial charge in [0, 0.05) is 4.47 Å². The van der Waals surface area contributed by atoms with E-state index in [9.17, 15) is 4.79 Å². The van der Waals surface area contributed by atoms with Crippen LogP contribution in [0.1, 0.15) is 65.4 Å². The molecule has 1 aromatic rings. The van der Waals surface area contributed by atoms with Crippen LogP contribution in [0.15, 0.2) is 40.4 Å². The van der Waals surface area contributed by atoms with Crippen molar-refractivity contribution in [2.45, 2.75) is 66.2 Å². The lowest BCUT2D eigenvalue weighted by atomic mass is 10.1. The van der Waals surface area contributed by atoms with Crippen molar-refractivity contribution >= 4 is 21.9 Å². The molecule has 0 saturated heterocycles. The molecule has 0 aromatic heterocycles. The van der Waals surface area contributed by atoms with Gasteiger partial charge in [0.1, 0.15) is 0 Å². The highest BCUT2D eigenvalue weighted by atomic mass is 79.9. The van der Waals surface area contributed by atoms with Crippen LogP contribution in [-0.4, -0.2) is 43.2 Å². The van der Waals surface area contributed by atoms with Crippen molar-refractivity contribution in [3.63, 3.8) is 0 Å². The summed E-state index contributed by atoms with van der Waals surface area (Å²) in [6.07, 6.45) is 9.10. The average molecular weight is 453 g/mol. The van der Waals surface area contributed by atoms with Crippen LogP contribution in [0.25, 0.3) is 0 Å². The second-order valence-corrected chi connectivity index (χ2v) is 8.62. The van der Waals surface area contributed by atoms with E-state index in [-0.39, 0.29) is 5.97 Å². The third-order valence-corrected chi connectivity index (χ3v) is 6.34. The molecule has 0 radical (unpaired) electrons. The minimum Gasteiger partial charge on any atom is -0.462 e. The maximum Gasteiger partial charge on any atom is 0.361 e. The van der Waals surface area contributed by atoms with Gasteiger partial charge in [0.25, 0.3) is 0 Å². The Bertz CT molecular complexity index is 608. The van der Waals surface area contributed by atoms with Gasteiger partial charge in [-0.1, -0.05) is 72.3 Å². The van der Waals surface area contributed by atoms with Crippen LogP contribution in [0.5, 0.6) is 0 Å². The molecule has 0 atom stereocenters. The van der Waals surface area contributed by atoms with Gasteiger partial charge in [0.15, 0.2) is 6.54 Å². The van der Waals surface area contributed by atoms with Gasteiger partial charge in [-0.25, -0.2) is 4.79 Å². The zero-order valence-electron chi connectivity index (χ0n) is 18.3. The largest absolute Gasteiger partial charge is 0.462 e. The monoisotopic (exact) mass is 452 g/mol. The first-order valence-electron chi connectivity index (χ1n) is 10.9. The molecule has 0 fully saturated rings. The zero-order valence-corrected chi connectivity index (χ0v) is 19.9. The third kappa shape index (κ3) is 9.38. The zero-order chi connectivity index (χ0) is 20.8. The summed E-state index contributed by atoms with van der Waals surface area (Å²) in [5.41, 5.74) is 2.63. The molecule has 158 valence electrons. The molecule has 0 unspecified atom stereocenters. The van der Waals surface area contributed by atoms with Gasteiger partial charge in [-0.3, -0.25) is 0 Å². The Morgan fingerprint density at radius 1 is 1.07 bits per heavy atom. The first-order valence-corrected chi connectivity index (χ1v) is 11.7. The van der Waals surface area contributed by atoms with Gasteiger partial charge in [-0.2, -0.15) is 0 Å². The van der Waals surface area contributed by atoms with Crippen LogP contribution in [0, 0.1) is 0 Å². The lowest BCUT2D eigenvalue weighted by molar-refractivity contribution is -0.912. The molecule has 1 rings (SSSR count). The van der Waals surface area contributed by atoms with Gasteiger partial charge >= 0.3 is 5.97 Å². The molecular formula is C24H39BrNO2+. The first-order chi connectivity index (χ1) is 13.5. The Kier molecular flexibility index (Phi) is 12.4. The van der Waals surface area contributed by atoms with E-state index in [1.54, 1.807) is 0 Å². The predicted molar refractivity (Wildman–Crippen MR) is 122 cm³/mol. The van der Waals surface area contributed by atoms with Crippen molar-refractivity contribution in [2.75, 3.05) is 32.8 Å². The fraction of sp³-hybridized carbons (Fsp3) is 0.625. The highest BCUT2D eigenvalue weighted by Gasteiger charge is 2.26.